The van der Waals surface area contributed by atoms with E-state index in [1.165, 1.54) is 15.8 Å². The Balaban J connectivity index is 1.78. The van der Waals surface area contributed by atoms with E-state index >= 15 is 0 Å². The van der Waals surface area contributed by atoms with Crippen LogP contribution in [0.1, 0.15) is 24.5 Å². The smallest absolute Gasteiger partial charge is 0.266 e. The van der Waals surface area contributed by atoms with Gasteiger partial charge in [-0.3, -0.25) is 4.79 Å². The monoisotopic (exact) mass is 373 g/mol. The molecule has 1 aliphatic rings. The number of aryl methyl sites for hydroxylation is 1. The number of sulfonamides is 1. The van der Waals surface area contributed by atoms with Crippen LogP contribution in [0, 0.1) is 5.92 Å². The molecular weight excluding hydrogens is 350 g/mol. The molecule has 0 aliphatic heterocycles. The van der Waals surface area contributed by atoms with Crippen molar-refractivity contribution in [1.82, 2.24) is 14.5 Å². The first kappa shape index (κ1) is 18.5. The predicted molar refractivity (Wildman–Crippen MR) is 102 cm³/mol. The van der Waals surface area contributed by atoms with Gasteiger partial charge in [0.05, 0.1) is 5.69 Å². The summed E-state index contributed by atoms with van der Waals surface area (Å²) >= 11 is 0. The Morgan fingerprint density at radius 2 is 2.04 bits per heavy atom. The topological polar surface area (TPSA) is 81.1 Å². The zero-order valence-corrected chi connectivity index (χ0v) is 15.6. The van der Waals surface area contributed by atoms with Crippen molar-refractivity contribution in [3.63, 3.8) is 0 Å². The van der Waals surface area contributed by atoms with Crippen LogP contribution in [0.5, 0.6) is 0 Å². The lowest BCUT2D eigenvalue weighted by molar-refractivity contribution is 0.531. The highest BCUT2D eigenvalue weighted by molar-refractivity contribution is 7.92. The molecule has 138 valence electrons. The Bertz CT molecular complexity index is 980. The van der Waals surface area contributed by atoms with Crippen LogP contribution in [0.25, 0.3) is 11.3 Å². The van der Waals surface area contributed by atoms with E-state index in [9.17, 15) is 13.2 Å². The van der Waals surface area contributed by atoms with E-state index < -0.39 is 10.0 Å². The Morgan fingerprint density at radius 3 is 2.77 bits per heavy atom. The maximum atomic E-state index is 11.8. The molecule has 1 aliphatic carbocycles. The summed E-state index contributed by atoms with van der Waals surface area (Å²) in [6, 6.07) is 9.49. The molecule has 0 saturated heterocycles. The minimum atomic E-state index is -3.39. The molecule has 6 nitrogen and oxygen atoms in total. The summed E-state index contributed by atoms with van der Waals surface area (Å²) in [6.07, 6.45) is 2.51. The van der Waals surface area contributed by atoms with E-state index in [4.69, 9.17) is 0 Å². The Morgan fingerprint density at radius 1 is 1.27 bits per heavy atom. The van der Waals surface area contributed by atoms with Crippen molar-refractivity contribution < 1.29 is 8.42 Å². The van der Waals surface area contributed by atoms with Gasteiger partial charge < -0.3 is 0 Å². The van der Waals surface area contributed by atoms with Crippen LogP contribution in [0.4, 0.5) is 0 Å². The number of nitrogens with one attached hydrogen (secondary N) is 1. The summed E-state index contributed by atoms with van der Waals surface area (Å²) in [6.45, 7) is 6.32. The average molecular weight is 373 g/mol. The molecule has 0 bridgehead atoms. The van der Waals surface area contributed by atoms with Crippen LogP contribution in [-0.4, -0.2) is 24.7 Å². The summed E-state index contributed by atoms with van der Waals surface area (Å²) < 4.78 is 27.1. The molecular formula is C19H23N3O3S. The maximum absolute atomic E-state index is 11.8. The molecule has 3 rings (SSSR count). The van der Waals surface area contributed by atoms with Crippen LogP contribution in [0.15, 0.2) is 47.1 Å². The molecule has 1 N–H and O–H groups in total. The van der Waals surface area contributed by atoms with Crippen molar-refractivity contribution in [1.29, 1.82) is 0 Å². The third-order valence-corrected chi connectivity index (χ3v) is 5.62. The number of rotatable bonds is 7. The number of fused-ring (bicyclic) bond motifs is 1. The van der Waals surface area contributed by atoms with Crippen molar-refractivity contribution in [2.45, 2.75) is 32.7 Å². The van der Waals surface area contributed by atoms with Crippen LogP contribution in [0.3, 0.4) is 0 Å². The van der Waals surface area contributed by atoms with Crippen LogP contribution < -0.4 is 10.3 Å². The number of nitrogens with zero attached hydrogens (tertiary/aromatic N) is 2. The normalized spacial score (nSPS) is 16.4. The summed E-state index contributed by atoms with van der Waals surface area (Å²) in [5.41, 5.74) is 4.10. The highest BCUT2D eigenvalue weighted by atomic mass is 32.2. The molecule has 7 heteroatoms. The first-order valence-corrected chi connectivity index (χ1v) is 10.3. The molecule has 1 heterocycles. The quantitative estimate of drug-likeness (QED) is 0.806. The third-order valence-electron chi connectivity index (χ3n) is 4.61. The minimum Gasteiger partial charge on any atom is -0.268 e. The highest BCUT2D eigenvalue weighted by Crippen LogP contribution is 2.30. The molecule has 1 aromatic heterocycles. The van der Waals surface area contributed by atoms with Gasteiger partial charge in [0.25, 0.3) is 5.56 Å². The molecule has 0 spiro atoms. The molecule has 2 aromatic rings. The molecule has 0 radical (unpaired) electrons. The van der Waals surface area contributed by atoms with E-state index in [1.54, 1.807) is 12.1 Å². The van der Waals surface area contributed by atoms with Crippen LogP contribution >= 0.6 is 0 Å². The summed E-state index contributed by atoms with van der Waals surface area (Å²) in [5, 5.41) is 5.39. The highest BCUT2D eigenvalue weighted by Gasteiger charge is 2.23. The molecule has 1 aromatic carbocycles. The summed E-state index contributed by atoms with van der Waals surface area (Å²) in [7, 11) is -3.39. The Labute approximate surface area is 153 Å². The van der Waals surface area contributed by atoms with Crippen LogP contribution in [-0.2, 0) is 29.4 Å². The van der Waals surface area contributed by atoms with Gasteiger partial charge in [-0.05, 0) is 48.4 Å². The van der Waals surface area contributed by atoms with Gasteiger partial charge in [0, 0.05) is 30.1 Å². The van der Waals surface area contributed by atoms with Gasteiger partial charge in [0.2, 0.25) is 10.0 Å². The molecule has 0 fully saturated rings. The first-order valence-electron chi connectivity index (χ1n) is 8.74. The van der Waals surface area contributed by atoms with E-state index in [1.807, 2.05) is 13.0 Å². The first-order chi connectivity index (χ1) is 12.4. The molecule has 1 atom stereocenters. The van der Waals surface area contributed by atoms with Crippen molar-refractivity contribution in [3.05, 3.63) is 63.8 Å². The van der Waals surface area contributed by atoms with E-state index in [-0.39, 0.29) is 11.5 Å². The SMILES string of the molecule is C=CS(=O)(=O)NCC1Cc2ccc(-c3ccc(=O)n(CCC)n3)cc2C1. The van der Waals surface area contributed by atoms with Crippen molar-refractivity contribution >= 4 is 10.0 Å². The molecule has 0 saturated carbocycles. The van der Waals surface area contributed by atoms with Gasteiger partial charge in [0.15, 0.2) is 0 Å². The second-order valence-electron chi connectivity index (χ2n) is 6.60. The molecule has 0 amide bonds. The molecule has 1 unspecified atom stereocenters. The fraction of sp³-hybridized carbons (Fsp3) is 0.368. The maximum Gasteiger partial charge on any atom is 0.266 e. The fourth-order valence-electron chi connectivity index (χ4n) is 3.28. The third kappa shape index (κ3) is 4.11. The lowest BCUT2D eigenvalue weighted by Gasteiger charge is -2.09. The number of benzene rings is 1. The predicted octanol–water partition coefficient (Wildman–Crippen LogP) is 2.10. The van der Waals surface area contributed by atoms with Crippen molar-refractivity contribution in [3.8, 4) is 11.3 Å². The van der Waals surface area contributed by atoms with E-state index in [0.717, 1.165) is 35.9 Å². The van der Waals surface area contributed by atoms with Gasteiger partial charge in [-0.15, -0.1) is 0 Å². The zero-order valence-electron chi connectivity index (χ0n) is 14.8. The van der Waals surface area contributed by atoms with E-state index in [2.05, 4.69) is 28.5 Å². The van der Waals surface area contributed by atoms with Gasteiger partial charge in [0.1, 0.15) is 0 Å². The minimum absolute atomic E-state index is 0.0914. The summed E-state index contributed by atoms with van der Waals surface area (Å²) in [5.74, 6) is 0.233. The number of aromatic nitrogens is 2. The largest absolute Gasteiger partial charge is 0.268 e. The fourth-order valence-corrected chi connectivity index (χ4v) is 3.87. The average Bonchev–Trinajstić information content (AvgIpc) is 3.04. The van der Waals surface area contributed by atoms with Crippen LogP contribution in [0.2, 0.25) is 0 Å². The zero-order chi connectivity index (χ0) is 18.7. The van der Waals surface area contributed by atoms with Crippen molar-refractivity contribution in [2.75, 3.05) is 6.54 Å². The second-order valence-corrected chi connectivity index (χ2v) is 8.31. The number of hydrogen-bond donors (Lipinski definition) is 1. The van der Waals surface area contributed by atoms with E-state index in [0.29, 0.717) is 13.1 Å². The second kappa shape index (κ2) is 7.55. The summed E-state index contributed by atoms with van der Waals surface area (Å²) in [4.78, 5) is 11.8. The lowest BCUT2D eigenvalue weighted by Crippen LogP contribution is -2.27. The van der Waals surface area contributed by atoms with Crippen molar-refractivity contribution in [2.24, 2.45) is 5.92 Å². The van der Waals surface area contributed by atoms with Gasteiger partial charge in [-0.1, -0.05) is 25.6 Å². The Kier molecular flexibility index (Phi) is 5.38. The van der Waals surface area contributed by atoms with Gasteiger partial charge in [-0.25, -0.2) is 17.8 Å². The lowest BCUT2D eigenvalue weighted by atomic mass is 10.0. The Hall–Kier alpha value is -2.25. The van der Waals surface area contributed by atoms with Gasteiger partial charge >= 0.3 is 0 Å². The molecule has 26 heavy (non-hydrogen) atoms. The number of hydrogen-bond acceptors (Lipinski definition) is 4. The standard InChI is InChI=1S/C19H23N3O3S/c1-3-9-22-19(23)8-7-18(21-22)16-6-5-15-10-14(11-17(15)12-16)13-20-26(24,25)4-2/h4-8,12,14,20H,2-3,9-11,13H2,1H3. The van der Waals surface area contributed by atoms with Gasteiger partial charge in [-0.2, -0.15) is 5.10 Å².